The Bertz CT molecular complexity index is 1380. The first kappa shape index (κ1) is 34.9. The van der Waals surface area contributed by atoms with Gasteiger partial charge < -0.3 is 26.2 Å². The summed E-state index contributed by atoms with van der Waals surface area (Å²) in [5.41, 5.74) is -1.64. The molecule has 4 N–H and O–H groups in total. The molecule has 0 unspecified atom stereocenters. The smallest absolute Gasteiger partial charge is 0.315 e. The second kappa shape index (κ2) is 12.0. The number of sulfonamides is 1. The predicted octanol–water partition coefficient (Wildman–Crippen LogP) is 0.906. The van der Waals surface area contributed by atoms with Gasteiger partial charge in [0.05, 0.1) is 6.26 Å². The van der Waals surface area contributed by atoms with Crippen molar-refractivity contribution in [2.75, 3.05) is 26.4 Å². The highest BCUT2D eigenvalue weighted by Crippen LogP contribution is 2.65. The molecule has 5 atom stereocenters. The number of hydrogen-bond acceptors (Lipinski definition) is 7. The minimum atomic E-state index is -3.50. The molecule has 4 rings (SSSR count). The lowest BCUT2D eigenvalue weighted by molar-refractivity contribution is -0.148. The maximum Gasteiger partial charge on any atom is 0.315 e. The first-order chi connectivity index (χ1) is 20.6. The van der Waals surface area contributed by atoms with E-state index in [9.17, 15) is 32.4 Å². The van der Waals surface area contributed by atoms with E-state index in [2.05, 4.69) is 27.8 Å². The molecule has 4 aliphatic rings. The summed E-state index contributed by atoms with van der Waals surface area (Å²) >= 11 is 0. The molecule has 13 nitrogen and oxygen atoms in total. The van der Waals surface area contributed by atoms with Crippen LogP contribution < -0.4 is 21.3 Å². The number of likely N-dealkylation sites (tertiary alicyclic amines) is 1. The van der Waals surface area contributed by atoms with Gasteiger partial charge in [0.15, 0.2) is 0 Å². The average molecular weight is 651 g/mol. The Kier molecular flexibility index (Phi) is 9.28. The standard InChI is InChI=1S/C31H50N6O7S/c1-17(2)22(34-28(42)33-20(29(3,4)5)16-36(8)45(9,43)44)27(41)37-15-19-21(30(19,6)7)23(37)25(39)35-31(13-10-14-31)24(38)26(40)32-18-11-12-18/h18-23H,1,10-16H2,2-9H3,(H,32,40)(H,35,39)(H2,33,34,42)/t19-,20+,21-,22-,23-/m0/s1. The van der Waals surface area contributed by atoms with E-state index in [0.717, 1.165) is 23.4 Å². The summed E-state index contributed by atoms with van der Waals surface area (Å²) in [7, 11) is -2.07. The molecule has 5 amide bonds. The van der Waals surface area contributed by atoms with Gasteiger partial charge in [0.2, 0.25) is 27.6 Å². The average Bonchev–Trinajstić information content (AvgIpc) is 3.74. The second-order valence-corrected chi connectivity index (χ2v) is 17.3. The quantitative estimate of drug-likeness (QED) is 0.179. The lowest BCUT2D eigenvalue weighted by Crippen LogP contribution is -2.66. The molecule has 0 spiro atoms. The van der Waals surface area contributed by atoms with Crippen LogP contribution in [-0.2, 0) is 29.2 Å². The van der Waals surface area contributed by atoms with Crippen LogP contribution in [0.4, 0.5) is 4.79 Å². The van der Waals surface area contributed by atoms with Crippen LogP contribution in [0.25, 0.3) is 0 Å². The van der Waals surface area contributed by atoms with Gasteiger partial charge in [-0.15, -0.1) is 0 Å². The third-order valence-corrected chi connectivity index (χ3v) is 11.5. The van der Waals surface area contributed by atoms with E-state index in [1.165, 1.54) is 11.9 Å². The number of nitrogens with zero attached hydrogens (tertiary/aromatic N) is 2. The highest BCUT2D eigenvalue weighted by atomic mass is 32.2. The van der Waals surface area contributed by atoms with Gasteiger partial charge in [-0.1, -0.05) is 41.2 Å². The normalized spacial score (nSPS) is 26.1. The Balaban J connectivity index is 1.49. The third kappa shape index (κ3) is 7.21. The molecule has 1 heterocycles. The van der Waals surface area contributed by atoms with Crippen molar-refractivity contribution in [3.8, 4) is 0 Å². The maximum absolute atomic E-state index is 14.0. The van der Waals surface area contributed by atoms with Crippen LogP contribution >= 0.6 is 0 Å². The molecule has 4 fully saturated rings. The molecule has 1 aliphatic heterocycles. The van der Waals surface area contributed by atoms with Gasteiger partial charge in [-0.25, -0.2) is 17.5 Å². The molecule has 3 saturated carbocycles. The van der Waals surface area contributed by atoms with Gasteiger partial charge in [-0.3, -0.25) is 19.2 Å². The Morgan fingerprint density at radius 3 is 2.13 bits per heavy atom. The largest absolute Gasteiger partial charge is 0.347 e. The number of carbonyl (C=O) groups excluding carboxylic acids is 5. The molecule has 0 aromatic rings. The Hall–Kier alpha value is -3.00. The van der Waals surface area contributed by atoms with Crippen LogP contribution in [0.15, 0.2) is 12.2 Å². The van der Waals surface area contributed by atoms with Crippen molar-refractivity contribution in [2.45, 2.75) is 103 Å². The van der Waals surface area contributed by atoms with Crippen LogP contribution in [0.1, 0.15) is 73.6 Å². The number of rotatable bonds is 12. The van der Waals surface area contributed by atoms with Crippen LogP contribution in [0, 0.1) is 22.7 Å². The minimum Gasteiger partial charge on any atom is -0.347 e. The zero-order valence-corrected chi connectivity index (χ0v) is 28.6. The summed E-state index contributed by atoms with van der Waals surface area (Å²) in [4.78, 5) is 68.5. The molecule has 45 heavy (non-hydrogen) atoms. The molecule has 0 bridgehead atoms. The van der Waals surface area contributed by atoms with Crippen LogP contribution in [0.2, 0.25) is 0 Å². The number of ketones is 1. The fourth-order valence-electron chi connectivity index (χ4n) is 6.58. The number of fused-ring (bicyclic) bond motifs is 1. The molecule has 1 saturated heterocycles. The monoisotopic (exact) mass is 650 g/mol. The second-order valence-electron chi connectivity index (χ2n) is 15.3. The molecule has 0 aromatic carbocycles. The zero-order chi connectivity index (χ0) is 33.9. The molecule has 3 aliphatic carbocycles. The maximum atomic E-state index is 14.0. The third-order valence-electron chi connectivity index (χ3n) is 10.3. The molecule has 0 aromatic heterocycles. The number of likely N-dealkylation sites (N-methyl/N-ethyl adjacent to an activating group) is 1. The van der Waals surface area contributed by atoms with Gasteiger partial charge in [0, 0.05) is 32.2 Å². The van der Waals surface area contributed by atoms with Crippen molar-refractivity contribution < 1.29 is 32.4 Å². The highest BCUT2D eigenvalue weighted by molar-refractivity contribution is 7.88. The molecule has 0 radical (unpaired) electrons. The van der Waals surface area contributed by atoms with Crippen molar-refractivity contribution >= 4 is 39.6 Å². The van der Waals surface area contributed by atoms with Gasteiger partial charge in [0.1, 0.15) is 17.6 Å². The summed E-state index contributed by atoms with van der Waals surface area (Å²) < 4.78 is 25.2. The van der Waals surface area contributed by atoms with E-state index in [4.69, 9.17) is 0 Å². The summed E-state index contributed by atoms with van der Waals surface area (Å²) in [5, 5.41) is 11.1. The number of urea groups is 1. The lowest BCUT2D eigenvalue weighted by Gasteiger charge is -2.42. The van der Waals surface area contributed by atoms with Crippen molar-refractivity contribution in [1.82, 2.24) is 30.5 Å². The van der Waals surface area contributed by atoms with E-state index in [-0.39, 0.29) is 29.8 Å². The van der Waals surface area contributed by atoms with Crippen LogP contribution in [0.3, 0.4) is 0 Å². The number of amides is 5. The van der Waals surface area contributed by atoms with E-state index in [0.29, 0.717) is 31.4 Å². The first-order valence-electron chi connectivity index (χ1n) is 15.7. The van der Waals surface area contributed by atoms with Gasteiger partial charge in [0.25, 0.3) is 5.91 Å². The Labute approximate surface area is 266 Å². The fraction of sp³-hybridized carbons (Fsp3) is 0.774. The highest BCUT2D eigenvalue weighted by Gasteiger charge is 2.70. The summed E-state index contributed by atoms with van der Waals surface area (Å²) in [6, 6.07) is -3.30. The first-order valence-corrected chi connectivity index (χ1v) is 17.6. The van der Waals surface area contributed by atoms with E-state index in [1.807, 2.05) is 34.6 Å². The molecular weight excluding hydrogens is 600 g/mol. The summed E-state index contributed by atoms with van der Waals surface area (Å²) in [5.74, 6) is -2.40. The Morgan fingerprint density at radius 2 is 1.67 bits per heavy atom. The molecule has 14 heteroatoms. The number of piperidine rings is 1. The van der Waals surface area contributed by atoms with Gasteiger partial charge in [-0.2, -0.15) is 0 Å². The van der Waals surface area contributed by atoms with Crippen molar-refractivity contribution in [3.05, 3.63) is 12.2 Å². The van der Waals surface area contributed by atoms with Crippen molar-refractivity contribution in [1.29, 1.82) is 0 Å². The number of hydrogen-bond donors (Lipinski definition) is 4. The number of carbonyl (C=O) groups is 5. The van der Waals surface area contributed by atoms with E-state index in [1.54, 1.807) is 6.92 Å². The van der Waals surface area contributed by atoms with E-state index >= 15 is 0 Å². The lowest BCUT2D eigenvalue weighted by atomic mass is 9.73. The topological polar surface area (TPSA) is 174 Å². The predicted molar refractivity (Wildman–Crippen MR) is 168 cm³/mol. The minimum absolute atomic E-state index is 0.00768. The molecular formula is C31H50N6O7S. The van der Waals surface area contributed by atoms with Crippen LogP contribution in [-0.4, -0.2) is 103 Å². The van der Waals surface area contributed by atoms with Gasteiger partial charge >= 0.3 is 6.03 Å². The number of Topliss-reactive ketones (excluding diaryl/α,β-unsaturated/α-hetero) is 1. The van der Waals surface area contributed by atoms with Crippen molar-refractivity contribution in [3.63, 3.8) is 0 Å². The molecule has 252 valence electrons. The number of nitrogens with one attached hydrogen (secondary N) is 4. The Morgan fingerprint density at radius 1 is 1.07 bits per heavy atom. The fourth-order valence-corrected chi connectivity index (χ4v) is 7.00. The van der Waals surface area contributed by atoms with Gasteiger partial charge in [-0.05, 0) is 67.3 Å². The summed E-state index contributed by atoms with van der Waals surface area (Å²) in [6.45, 7) is 15.5. The SMILES string of the molecule is C=C(C)[C@H](NC(=O)N[C@H](CN(C)S(C)(=O)=O)C(C)(C)C)C(=O)N1C[C@H]2[C@@H]([C@H]1C(=O)NC1(C(=O)C(=O)NC3CC3)CCC1)C2(C)C. The zero-order valence-electron chi connectivity index (χ0n) is 27.8. The van der Waals surface area contributed by atoms with Crippen LogP contribution in [0.5, 0.6) is 0 Å². The summed E-state index contributed by atoms with van der Waals surface area (Å²) in [6.07, 6.45) is 4.16. The van der Waals surface area contributed by atoms with E-state index < -0.39 is 68.6 Å². The van der Waals surface area contributed by atoms with Crippen molar-refractivity contribution in [2.24, 2.45) is 22.7 Å².